The second-order valence-electron chi connectivity index (χ2n) is 4.68. The van der Waals surface area contributed by atoms with E-state index in [-0.39, 0.29) is 11.9 Å². The van der Waals surface area contributed by atoms with Gasteiger partial charge >= 0.3 is 0 Å². The number of amidine groups is 1. The van der Waals surface area contributed by atoms with Gasteiger partial charge in [0.1, 0.15) is 0 Å². The minimum Gasteiger partial charge on any atom is -0.407 e. The summed E-state index contributed by atoms with van der Waals surface area (Å²) in [5.41, 5.74) is 8.83. The maximum absolute atomic E-state index is 7.89. The molecule has 0 spiro atoms. The Morgan fingerprint density at radius 3 is 2.67 bits per heavy atom. The zero-order chi connectivity index (χ0) is 17.5. The van der Waals surface area contributed by atoms with Gasteiger partial charge < -0.3 is 26.3 Å². The molecule has 1 unspecified atom stereocenters. The zero-order valence-corrected chi connectivity index (χ0v) is 15.6. The Labute approximate surface area is 154 Å². The maximum atomic E-state index is 7.89. The van der Waals surface area contributed by atoms with Crippen molar-refractivity contribution in [3.05, 3.63) is 53.6 Å². The Hall–Kier alpha value is -2.19. The minimum absolute atomic E-state index is 0.170. The lowest BCUT2D eigenvalue weighted by molar-refractivity contribution is 0.534. The fraction of sp³-hybridized carbons (Fsp3) is 0. The average Bonchev–Trinajstić information content (AvgIpc) is 2.56. The van der Waals surface area contributed by atoms with Crippen LogP contribution in [-0.4, -0.2) is 18.1 Å². The van der Waals surface area contributed by atoms with Crippen LogP contribution in [0.15, 0.2) is 42.5 Å². The number of nitrogens with one attached hydrogen (secondary N) is 5. The molecule has 0 radical (unpaired) electrons. The molecule has 0 amide bonds. The standard InChI is InChI=1S/C15H16IN6OP/c16-24-22-13-5-4-12(7-10(13)8-17)21-15(20)23-14(19)9-2-1-3-11(18)6-9/h1-8,17,19,22,24H,18H2,(H2,20,21). The summed E-state index contributed by atoms with van der Waals surface area (Å²) < 4.78 is 5.17. The topological polar surface area (TPSA) is 131 Å². The lowest BCUT2D eigenvalue weighted by atomic mass is 10.2. The Bertz CT molecular complexity index is 782. The zero-order valence-electron chi connectivity index (χ0n) is 12.5. The second-order valence-corrected chi connectivity index (χ2v) is 6.73. The van der Waals surface area contributed by atoms with Crippen LogP contribution < -0.4 is 16.1 Å². The lowest BCUT2D eigenvalue weighted by Gasteiger charge is -2.12. The molecule has 7 N–H and O–H groups in total. The smallest absolute Gasteiger partial charge is 0.293 e. The van der Waals surface area contributed by atoms with Gasteiger partial charge in [-0.25, -0.2) is 0 Å². The molecule has 0 saturated heterocycles. The molecule has 7 nitrogen and oxygen atoms in total. The van der Waals surface area contributed by atoms with Crippen LogP contribution in [0.5, 0.6) is 0 Å². The van der Waals surface area contributed by atoms with Crippen molar-refractivity contribution in [1.82, 2.24) is 0 Å². The molecule has 2 aromatic carbocycles. The normalized spacial score (nSPS) is 10.4. The highest BCUT2D eigenvalue weighted by molar-refractivity contribution is 14.2. The summed E-state index contributed by atoms with van der Waals surface area (Å²) in [5, 5.41) is 29.1. The molecule has 124 valence electrons. The lowest BCUT2D eigenvalue weighted by Crippen LogP contribution is -2.19. The SMILES string of the molecule is N=Cc1cc(NC(=N)OC(=N)c2cccc(N)c2)ccc1NPI. The number of hydrogen-bond donors (Lipinski definition) is 6. The monoisotopic (exact) mass is 454 g/mol. The summed E-state index contributed by atoms with van der Waals surface area (Å²) in [7, 11) is 0. The fourth-order valence-corrected chi connectivity index (χ4v) is 3.12. The molecule has 24 heavy (non-hydrogen) atoms. The van der Waals surface area contributed by atoms with E-state index in [2.05, 4.69) is 32.4 Å². The van der Waals surface area contributed by atoms with E-state index in [1.54, 1.807) is 36.4 Å². The summed E-state index contributed by atoms with van der Waals surface area (Å²) >= 11 is 2.21. The van der Waals surface area contributed by atoms with Crippen molar-refractivity contribution in [2.75, 3.05) is 16.1 Å². The fourth-order valence-electron chi connectivity index (χ4n) is 1.92. The summed E-state index contributed by atoms with van der Waals surface area (Å²) in [5.74, 6) is -0.170. The number of hydrogen-bond acceptors (Lipinski definition) is 6. The molecule has 0 aliphatic carbocycles. The third-order valence-corrected chi connectivity index (χ3v) is 4.17. The predicted molar refractivity (Wildman–Crippen MR) is 110 cm³/mol. The third kappa shape index (κ3) is 4.90. The highest BCUT2D eigenvalue weighted by Crippen LogP contribution is 2.27. The molecule has 1 atom stereocenters. The van der Waals surface area contributed by atoms with Crippen molar-refractivity contribution in [3.8, 4) is 0 Å². The number of halogens is 1. The molecular weight excluding hydrogens is 438 g/mol. The van der Waals surface area contributed by atoms with Gasteiger partial charge in [0.2, 0.25) is 5.90 Å². The number of nitrogens with two attached hydrogens (primary N) is 1. The molecule has 0 aromatic heterocycles. The van der Waals surface area contributed by atoms with E-state index in [1.165, 1.54) is 6.21 Å². The molecule has 0 aliphatic rings. The summed E-state index contributed by atoms with van der Waals surface area (Å²) in [6.45, 7) is 0. The first-order valence-corrected chi connectivity index (χ1v) is 10.9. The summed E-state index contributed by atoms with van der Waals surface area (Å²) in [6.07, 6.45) is 1.74. The molecule has 0 fully saturated rings. The molecule has 9 heteroatoms. The Morgan fingerprint density at radius 1 is 1.21 bits per heavy atom. The van der Waals surface area contributed by atoms with Crippen LogP contribution in [-0.2, 0) is 4.74 Å². The Balaban J connectivity index is 2.04. The van der Waals surface area contributed by atoms with Gasteiger partial charge in [0.15, 0.2) is 0 Å². The van der Waals surface area contributed by atoms with Crippen LogP contribution >= 0.6 is 28.4 Å². The van der Waals surface area contributed by atoms with Gasteiger partial charge in [0.25, 0.3) is 6.02 Å². The highest BCUT2D eigenvalue weighted by atomic mass is 127. The first kappa shape index (κ1) is 18.2. The largest absolute Gasteiger partial charge is 0.407 e. The number of rotatable bonds is 5. The van der Waals surface area contributed by atoms with Gasteiger partial charge in [-0.3, -0.25) is 10.8 Å². The van der Waals surface area contributed by atoms with E-state index in [1.807, 2.05) is 6.07 Å². The quantitative estimate of drug-likeness (QED) is 0.134. The van der Waals surface area contributed by atoms with Crippen LogP contribution in [0.3, 0.4) is 0 Å². The average molecular weight is 454 g/mol. The molecule has 2 rings (SSSR count). The van der Waals surface area contributed by atoms with E-state index in [9.17, 15) is 0 Å². The third-order valence-electron chi connectivity index (χ3n) is 3.00. The number of benzene rings is 2. The number of ether oxygens (including phenoxy) is 1. The summed E-state index contributed by atoms with van der Waals surface area (Å²) in [6, 6.07) is 11.8. The Morgan fingerprint density at radius 2 is 2.00 bits per heavy atom. The molecule has 0 bridgehead atoms. The highest BCUT2D eigenvalue weighted by Gasteiger charge is 2.08. The Kier molecular flexibility index (Phi) is 6.51. The first-order valence-electron chi connectivity index (χ1n) is 6.77. The molecule has 2 aromatic rings. The molecule has 0 aliphatic heterocycles. The number of nitrogen functional groups attached to an aromatic ring is 1. The van der Waals surface area contributed by atoms with Gasteiger partial charge in [-0.05, 0) is 58.4 Å². The summed E-state index contributed by atoms with van der Waals surface area (Å²) in [4.78, 5) is 0. The van der Waals surface area contributed by atoms with Crippen molar-refractivity contribution >= 4 is 63.6 Å². The van der Waals surface area contributed by atoms with E-state index in [4.69, 9.17) is 26.7 Å². The van der Waals surface area contributed by atoms with Crippen LogP contribution in [0, 0.1) is 16.2 Å². The van der Waals surface area contributed by atoms with Crippen molar-refractivity contribution in [2.45, 2.75) is 0 Å². The number of anilines is 3. The van der Waals surface area contributed by atoms with E-state index < -0.39 is 0 Å². The molecule has 0 saturated carbocycles. The van der Waals surface area contributed by atoms with Crippen LogP contribution in [0.2, 0.25) is 0 Å². The van der Waals surface area contributed by atoms with Crippen LogP contribution in [0.4, 0.5) is 17.1 Å². The molecule has 0 heterocycles. The van der Waals surface area contributed by atoms with Gasteiger partial charge in [0.05, 0.1) is 0 Å². The van der Waals surface area contributed by atoms with E-state index in [0.717, 1.165) is 5.69 Å². The van der Waals surface area contributed by atoms with Gasteiger partial charge in [-0.15, -0.1) is 0 Å². The molecular formula is C15H16IN6OP. The van der Waals surface area contributed by atoms with E-state index >= 15 is 0 Å². The predicted octanol–water partition coefficient (Wildman–Crippen LogP) is 4.01. The second kappa shape index (κ2) is 8.60. The van der Waals surface area contributed by atoms with Crippen molar-refractivity contribution in [2.24, 2.45) is 0 Å². The van der Waals surface area contributed by atoms with Crippen molar-refractivity contribution < 1.29 is 4.74 Å². The van der Waals surface area contributed by atoms with Gasteiger partial charge in [-0.1, -0.05) is 6.07 Å². The van der Waals surface area contributed by atoms with Gasteiger partial charge in [0, 0.05) is 40.8 Å². The first-order chi connectivity index (χ1) is 11.5. The van der Waals surface area contributed by atoms with Crippen LogP contribution in [0.25, 0.3) is 0 Å². The maximum Gasteiger partial charge on any atom is 0.293 e. The van der Waals surface area contributed by atoms with Crippen molar-refractivity contribution in [1.29, 1.82) is 16.2 Å². The van der Waals surface area contributed by atoms with Crippen molar-refractivity contribution in [3.63, 3.8) is 0 Å². The van der Waals surface area contributed by atoms with E-state index in [0.29, 0.717) is 28.9 Å². The van der Waals surface area contributed by atoms with Crippen LogP contribution in [0.1, 0.15) is 11.1 Å². The minimum atomic E-state index is -0.283. The van der Waals surface area contributed by atoms with Gasteiger partial charge in [-0.2, -0.15) is 0 Å².